The Bertz CT molecular complexity index is 340. The Hall–Kier alpha value is -0.803. The van der Waals surface area contributed by atoms with Crippen molar-refractivity contribution in [3.8, 4) is 5.75 Å². The summed E-state index contributed by atoms with van der Waals surface area (Å²) < 4.78 is 0. The number of aliphatic hydroxyl groups excluding tert-OH is 1. The quantitative estimate of drug-likeness (QED) is 0.730. The van der Waals surface area contributed by atoms with Gasteiger partial charge in [-0.1, -0.05) is 37.3 Å². The summed E-state index contributed by atoms with van der Waals surface area (Å²) in [5.74, 6) is 0.289. The van der Waals surface area contributed by atoms with Gasteiger partial charge in [0.05, 0.1) is 14.7 Å². The second-order valence-corrected chi connectivity index (χ2v) is 9.77. The van der Waals surface area contributed by atoms with Gasteiger partial charge in [-0.3, -0.25) is 0 Å². The molecule has 0 aromatic heterocycles. The zero-order chi connectivity index (χ0) is 10.9. The first-order valence-corrected chi connectivity index (χ1v) is 8.30. The highest BCUT2D eigenvalue weighted by Crippen LogP contribution is 2.20. The molecule has 2 N–H and O–H groups in total. The first-order valence-electron chi connectivity index (χ1n) is 4.80. The van der Waals surface area contributed by atoms with E-state index in [-0.39, 0.29) is 12.4 Å². The molecule has 1 aromatic carbocycles. The Morgan fingerprint density at radius 3 is 2.21 bits per heavy atom. The fourth-order valence-electron chi connectivity index (χ4n) is 1.55. The summed E-state index contributed by atoms with van der Waals surface area (Å²) in [7, 11) is -1.52. The van der Waals surface area contributed by atoms with Gasteiger partial charge in [-0.15, -0.1) is 0 Å². The summed E-state index contributed by atoms with van der Waals surface area (Å²) in [4.78, 5) is 0. The van der Waals surface area contributed by atoms with Gasteiger partial charge in [0.15, 0.2) is 0 Å². The predicted molar refractivity (Wildman–Crippen MR) is 61.7 cm³/mol. The number of hydrogen-bond donors (Lipinski definition) is 2. The molecule has 78 valence electrons. The maximum atomic E-state index is 9.92. The van der Waals surface area contributed by atoms with E-state index in [0.29, 0.717) is 5.56 Å². The molecule has 3 heteroatoms. The molecule has 0 aliphatic rings. The molecular weight excluding hydrogens is 192 g/mol. The highest BCUT2D eigenvalue weighted by atomic mass is 28.3. The number of rotatable bonds is 2. The molecule has 1 aromatic rings. The van der Waals surface area contributed by atoms with E-state index in [1.807, 2.05) is 19.1 Å². The zero-order valence-electron chi connectivity index (χ0n) is 9.26. The Morgan fingerprint density at radius 2 is 1.79 bits per heavy atom. The summed E-state index contributed by atoms with van der Waals surface area (Å²) in [6.45, 7) is 8.45. The molecule has 0 heterocycles. The minimum Gasteiger partial charge on any atom is -0.508 e. The molecule has 0 aliphatic heterocycles. The van der Waals surface area contributed by atoms with Crippen molar-refractivity contribution in [2.75, 3.05) is 0 Å². The van der Waals surface area contributed by atoms with Crippen molar-refractivity contribution in [3.05, 3.63) is 23.3 Å². The summed E-state index contributed by atoms with van der Waals surface area (Å²) in [5, 5.41) is 20.0. The molecule has 0 saturated heterocycles. The molecule has 0 unspecified atom stereocenters. The van der Waals surface area contributed by atoms with Crippen LogP contribution >= 0.6 is 0 Å². The topological polar surface area (TPSA) is 40.5 Å². The third kappa shape index (κ3) is 2.16. The zero-order valence-corrected chi connectivity index (χ0v) is 10.3. The first kappa shape index (κ1) is 11.3. The molecule has 0 saturated carbocycles. The standard InChI is InChI=1S/C11H18O2Si/c1-8-5-9(7-12)11(13)10(6-8)14(2,3)4/h5-6,12-13H,7H2,1-4H3. The SMILES string of the molecule is Cc1cc(CO)c(O)c([Si](C)(C)C)c1. The van der Waals surface area contributed by atoms with Crippen LogP contribution in [0.1, 0.15) is 11.1 Å². The third-order valence-corrected chi connectivity index (χ3v) is 4.31. The maximum Gasteiger partial charge on any atom is 0.120 e. The minimum atomic E-state index is -1.52. The van der Waals surface area contributed by atoms with Gasteiger partial charge in [0, 0.05) is 5.56 Å². The van der Waals surface area contributed by atoms with E-state index in [1.165, 1.54) is 0 Å². The van der Waals surface area contributed by atoms with Crippen LogP contribution < -0.4 is 5.19 Å². The lowest BCUT2D eigenvalue weighted by Gasteiger charge is -2.20. The molecule has 2 nitrogen and oxygen atoms in total. The number of aryl methyl sites for hydroxylation is 1. The van der Waals surface area contributed by atoms with Crippen LogP contribution in [-0.2, 0) is 6.61 Å². The van der Waals surface area contributed by atoms with Crippen LogP contribution in [0.25, 0.3) is 0 Å². The van der Waals surface area contributed by atoms with Gasteiger partial charge in [0.25, 0.3) is 0 Å². The van der Waals surface area contributed by atoms with Crippen LogP contribution in [-0.4, -0.2) is 18.3 Å². The van der Waals surface area contributed by atoms with Gasteiger partial charge in [0.1, 0.15) is 5.75 Å². The average Bonchev–Trinajstić information content (AvgIpc) is 2.06. The van der Waals surface area contributed by atoms with Crippen molar-refractivity contribution in [2.24, 2.45) is 0 Å². The van der Waals surface area contributed by atoms with Crippen LogP contribution in [0.5, 0.6) is 5.75 Å². The summed E-state index contributed by atoms with van der Waals surface area (Å²) >= 11 is 0. The number of hydrogen-bond acceptors (Lipinski definition) is 2. The van der Waals surface area contributed by atoms with Crippen molar-refractivity contribution in [3.63, 3.8) is 0 Å². The molecule has 0 atom stereocenters. The van der Waals surface area contributed by atoms with E-state index in [4.69, 9.17) is 5.11 Å². The van der Waals surface area contributed by atoms with Crippen LogP contribution in [0.4, 0.5) is 0 Å². The molecule has 0 spiro atoms. The first-order chi connectivity index (χ1) is 6.36. The van der Waals surface area contributed by atoms with E-state index >= 15 is 0 Å². The molecule has 0 aliphatic carbocycles. The van der Waals surface area contributed by atoms with Crippen molar-refractivity contribution >= 4 is 13.3 Å². The monoisotopic (exact) mass is 210 g/mol. The Kier molecular flexibility index (Phi) is 3.02. The van der Waals surface area contributed by atoms with Crippen molar-refractivity contribution in [2.45, 2.75) is 33.2 Å². The van der Waals surface area contributed by atoms with Gasteiger partial charge >= 0.3 is 0 Å². The largest absolute Gasteiger partial charge is 0.508 e. The van der Waals surface area contributed by atoms with E-state index in [0.717, 1.165) is 10.8 Å². The van der Waals surface area contributed by atoms with Crippen molar-refractivity contribution < 1.29 is 10.2 Å². The Labute approximate surface area is 86.2 Å². The summed E-state index contributed by atoms with van der Waals surface area (Å²) in [5.41, 5.74) is 1.74. The molecule has 0 amide bonds. The number of aliphatic hydroxyl groups is 1. The molecule has 1 rings (SSSR count). The van der Waals surface area contributed by atoms with E-state index in [2.05, 4.69) is 19.6 Å². The predicted octanol–water partition coefficient (Wildman–Crippen LogP) is 1.74. The smallest absolute Gasteiger partial charge is 0.120 e. The lowest BCUT2D eigenvalue weighted by atomic mass is 10.1. The lowest BCUT2D eigenvalue weighted by molar-refractivity contribution is 0.276. The maximum absolute atomic E-state index is 9.92. The fraction of sp³-hybridized carbons (Fsp3) is 0.455. The van der Waals surface area contributed by atoms with Gasteiger partial charge in [-0.05, 0) is 12.1 Å². The van der Waals surface area contributed by atoms with Crippen LogP contribution in [0, 0.1) is 6.92 Å². The highest BCUT2D eigenvalue weighted by molar-refractivity contribution is 6.89. The number of benzene rings is 1. The van der Waals surface area contributed by atoms with Gasteiger partial charge in [0.2, 0.25) is 0 Å². The second kappa shape index (κ2) is 3.75. The normalized spacial score (nSPS) is 11.8. The Balaban J connectivity index is 3.37. The van der Waals surface area contributed by atoms with Crippen LogP contribution in [0.3, 0.4) is 0 Å². The molecule has 0 radical (unpaired) electrons. The van der Waals surface area contributed by atoms with Crippen LogP contribution in [0.15, 0.2) is 12.1 Å². The average molecular weight is 210 g/mol. The third-order valence-electron chi connectivity index (χ3n) is 2.31. The Morgan fingerprint density at radius 1 is 1.21 bits per heavy atom. The highest BCUT2D eigenvalue weighted by Gasteiger charge is 2.22. The lowest BCUT2D eigenvalue weighted by Crippen LogP contribution is -2.38. The second-order valence-electron chi connectivity index (χ2n) is 4.73. The summed E-state index contributed by atoms with van der Waals surface area (Å²) in [6.07, 6.45) is 0. The van der Waals surface area contributed by atoms with E-state index in [1.54, 1.807) is 0 Å². The van der Waals surface area contributed by atoms with Crippen molar-refractivity contribution in [1.29, 1.82) is 0 Å². The molecular formula is C11H18O2Si. The molecule has 0 fully saturated rings. The van der Waals surface area contributed by atoms with E-state index in [9.17, 15) is 5.11 Å². The van der Waals surface area contributed by atoms with Crippen LogP contribution in [0.2, 0.25) is 19.6 Å². The van der Waals surface area contributed by atoms with Crippen molar-refractivity contribution in [1.82, 2.24) is 0 Å². The van der Waals surface area contributed by atoms with Gasteiger partial charge in [-0.25, -0.2) is 0 Å². The van der Waals surface area contributed by atoms with Gasteiger partial charge < -0.3 is 10.2 Å². The summed E-state index contributed by atoms with van der Waals surface area (Å²) in [6, 6.07) is 3.86. The molecule has 0 bridgehead atoms. The number of phenols is 1. The van der Waals surface area contributed by atoms with Gasteiger partial charge in [-0.2, -0.15) is 0 Å². The van der Waals surface area contributed by atoms with E-state index < -0.39 is 8.07 Å². The fourth-order valence-corrected chi connectivity index (χ4v) is 3.08. The number of aromatic hydroxyl groups is 1. The minimum absolute atomic E-state index is 0.0923. The molecule has 14 heavy (non-hydrogen) atoms.